The van der Waals surface area contributed by atoms with Crippen LogP contribution in [0, 0.1) is 0 Å². The molecule has 0 aliphatic carbocycles. The molecule has 0 bridgehead atoms. The molecule has 1 fully saturated rings. The summed E-state index contributed by atoms with van der Waals surface area (Å²) < 4.78 is 0. The number of aromatic amines is 1. The van der Waals surface area contributed by atoms with Gasteiger partial charge in [0.15, 0.2) is 5.82 Å². The first-order chi connectivity index (χ1) is 13.4. The number of phenolic OH excluding ortho intramolecular Hbond substituents is 1. The molecule has 0 amide bonds. The van der Waals surface area contributed by atoms with Crippen LogP contribution in [0.25, 0.3) is 22.4 Å². The normalized spacial score (nSPS) is 17.2. The second kappa shape index (κ2) is 7.24. The van der Waals surface area contributed by atoms with Gasteiger partial charge in [-0.2, -0.15) is 5.10 Å². The standard InChI is InChI=1S/C21H26N6O/c1-21(2,3)24-16-8-9-27(13-16)20-7-6-18(25-26-20)17-5-4-14(10-19(17)28)15-11-22-23-12-15/h4-7,10-12,16,24,28H,8-9,13H2,1-3H3,(H,22,23)/t16-/m1/s1. The molecule has 3 heterocycles. The van der Waals surface area contributed by atoms with Gasteiger partial charge >= 0.3 is 0 Å². The first-order valence-corrected chi connectivity index (χ1v) is 9.58. The lowest BCUT2D eigenvalue weighted by Gasteiger charge is -2.26. The van der Waals surface area contributed by atoms with Gasteiger partial charge in [-0.1, -0.05) is 6.07 Å². The number of H-pyrrole nitrogens is 1. The van der Waals surface area contributed by atoms with E-state index < -0.39 is 0 Å². The van der Waals surface area contributed by atoms with E-state index in [0.29, 0.717) is 17.3 Å². The molecule has 1 aliphatic heterocycles. The molecule has 1 aliphatic rings. The van der Waals surface area contributed by atoms with Crippen LogP contribution in [-0.4, -0.2) is 50.2 Å². The predicted octanol–water partition coefficient (Wildman–Crippen LogP) is 3.21. The van der Waals surface area contributed by atoms with Crippen LogP contribution in [0.5, 0.6) is 5.75 Å². The molecule has 28 heavy (non-hydrogen) atoms. The monoisotopic (exact) mass is 378 g/mol. The largest absolute Gasteiger partial charge is 0.507 e. The van der Waals surface area contributed by atoms with Crippen LogP contribution in [-0.2, 0) is 0 Å². The van der Waals surface area contributed by atoms with Crippen LogP contribution in [0.15, 0.2) is 42.7 Å². The summed E-state index contributed by atoms with van der Waals surface area (Å²) in [5.74, 6) is 1.05. The van der Waals surface area contributed by atoms with Crippen molar-refractivity contribution in [2.45, 2.75) is 38.8 Å². The number of anilines is 1. The average molecular weight is 378 g/mol. The maximum atomic E-state index is 10.5. The Labute approximate surface area is 164 Å². The van der Waals surface area contributed by atoms with Crippen molar-refractivity contribution in [1.29, 1.82) is 0 Å². The van der Waals surface area contributed by atoms with E-state index in [1.165, 1.54) is 0 Å². The molecule has 0 unspecified atom stereocenters. The summed E-state index contributed by atoms with van der Waals surface area (Å²) in [5.41, 5.74) is 3.25. The molecule has 0 saturated carbocycles. The molecule has 1 atom stereocenters. The SMILES string of the molecule is CC(C)(C)N[C@@H]1CCN(c2ccc(-c3ccc(-c4cn[nH]c4)cc3O)nn2)C1. The Hall–Kier alpha value is -2.93. The van der Waals surface area contributed by atoms with Gasteiger partial charge in [0.2, 0.25) is 0 Å². The van der Waals surface area contributed by atoms with E-state index in [1.807, 2.05) is 24.3 Å². The van der Waals surface area contributed by atoms with Gasteiger partial charge in [0.1, 0.15) is 5.75 Å². The molecule has 2 aromatic heterocycles. The summed E-state index contributed by atoms with van der Waals surface area (Å²) in [5, 5.41) is 29.6. The minimum atomic E-state index is 0.108. The highest BCUT2D eigenvalue weighted by molar-refractivity contribution is 5.73. The molecular weight excluding hydrogens is 352 g/mol. The van der Waals surface area contributed by atoms with Crippen LogP contribution in [0.1, 0.15) is 27.2 Å². The lowest BCUT2D eigenvalue weighted by atomic mass is 10.0. The Bertz CT molecular complexity index is 931. The number of aromatic nitrogens is 4. The molecular formula is C21H26N6O. The third kappa shape index (κ3) is 3.99. The average Bonchev–Trinajstić information content (AvgIpc) is 3.32. The van der Waals surface area contributed by atoms with Crippen LogP contribution >= 0.6 is 0 Å². The number of benzene rings is 1. The number of phenols is 1. The summed E-state index contributed by atoms with van der Waals surface area (Å²) in [7, 11) is 0. The van der Waals surface area contributed by atoms with Crippen LogP contribution in [0.2, 0.25) is 0 Å². The number of aromatic hydroxyl groups is 1. The van der Waals surface area contributed by atoms with E-state index in [1.54, 1.807) is 18.5 Å². The van der Waals surface area contributed by atoms with Crippen LogP contribution in [0.4, 0.5) is 5.82 Å². The fourth-order valence-corrected chi connectivity index (χ4v) is 3.67. The highest BCUT2D eigenvalue weighted by atomic mass is 16.3. The molecule has 1 aromatic carbocycles. The molecule has 3 N–H and O–H groups in total. The minimum Gasteiger partial charge on any atom is -0.507 e. The maximum Gasteiger partial charge on any atom is 0.151 e. The fraction of sp³-hybridized carbons (Fsp3) is 0.381. The van der Waals surface area contributed by atoms with Crippen molar-refractivity contribution in [2.75, 3.05) is 18.0 Å². The zero-order chi connectivity index (χ0) is 19.7. The van der Waals surface area contributed by atoms with Gasteiger partial charge in [0.05, 0.1) is 11.9 Å². The van der Waals surface area contributed by atoms with Crippen molar-refractivity contribution in [3.63, 3.8) is 0 Å². The molecule has 7 nitrogen and oxygen atoms in total. The number of nitrogens with one attached hydrogen (secondary N) is 2. The lowest BCUT2D eigenvalue weighted by Crippen LogP contribution is -2.45. The van der Waals surface area contributed by atoms with Crippen molar-refractivity contribution in [3.8, 4) is 28.1 Å². The second-order valence-corrected chi connectivity index (χ2v) is 8.32. The summed E-state index contributed by atoms with van der Waals surface area (Å²) in [6, 6.07) is 9.88. The van der Waals surface area contributed by atoms with Crippen molar-refractivity contribution in [2.24, 2.45) is 0 Å². The van der Waals surface area contributed by atoms with Crippen LogP contribution < -0.4 is 10.2 Å². The van der Waals surface area contributed by atoms with E-state index in [4.69, 9.17) is 0 Å². The number of hydrogen-bond donors (Lipinski definition) is 3. The summed E-state index contributed by atoms with van der Waals surface area (Å²) in [4.78, 5) is 2.25. The number of rotatable bonds is 4. The molecule has 0 radical (unpaired) electrons. The van der Waals surface area contributed by atoms with Gasteiger partial charge in [0.25, 0.3) is 0 Å². The second-order valence-electron chi connectivity index (χ2n) is 8.32. The topological polar surface area (TPSA) is 90.0 Å². The summed E-state index contributed by atoms with van der Waals surface area (Å²) in [6.45, 7) is 8.46. The maximum absolute atomic E-state index is 10.5. The van der Waals surface area contributed by atoms with E-state index in [0.717, 1.165) is 36.5 Å². The number of nitrogens with zero attached hydrogens (tertiary/aromatic N) is 4. The highest BCUT2D eigenvalue weighted by Gasteiger charge is 2.26. The molecule has 3 aromatic rings. The van der Waals surface area contributed by atoms with Gasteiger partial charge in [-0.05, 0) is 57.0 Å². The Kier molecular flexibility index (Phi) is 4.77. The first-order valence-electron chi connectivity index (χ1n) is 9.58. The van der Waals surface area contributed by atoms with Gasteiger partial charge in [0, 0.05) is 42.0 Å². The molecule has 4 rings (SSSR count). The Morgan fingerprint density at radius 1 is 1.14 bits per heavy atom. The van der Waals surface area contributed by atoms with Gasteiger partial charge in [-0.15, -0.1) is 10.2 Å². The van der Waals surface area contributed by atoms with E-state index >= 15 is 0 Å². The van der Waals surface area contributed by atoms with Crippen molar-refractivity contribution in [1.82, 2.24) is 25.7 Å². The zero-order valence-corrected chi connectivity index (χ0v) is 16.5. The van der Waals surface area contributed by atoms with Gasteiger partial charge in [-0.3, -0.25) is 5.10 Å². The van der Waals surface area contributed by atoms with Gasteiger partial charge < -0.3 is 15.3 Å². The predicted molar refractivity (Wildman–Crippen MR) is 110 cm³/mol. The molecule has 146 valence electrons. The third-order valence-corrected chi connectivity index (χ3v) is 4.91. The smallest absolute Gasteiger partial charge is 0.151 e. The van der Waals surface area contributed by atoms with Crippen molar-refractivity contribution >= 4 is 5.82 Å². The number of hydrogen-bond acceptors (Lipinski definition) is 6. The Morgan fingerprint density at radius 2 is 2.00 bits per heavy atom. The van der Waals surface area contributed by atoms with E-state index in [2.05, 4.69) is 51.4 Å². The fourth-order valence-electron chi connectivity index (χ4n) is 3.67. The van der Waals surface area contributed by atoms with Crippen LogP contribution in [0.3, 0.4) is 0 Å². The highest BCUT2D eigenvalue weighted by Crippen LogP contribution is 2.32. The van der Waals surface area contributed by atoms with Gasteiger partial charge in [-0.25, -0.2) is 0 Å². The summed E-state index contributed by atoms with van der Waals surface area (Å²) in [6.07, 6.45) is 4.61. The minimum absolute atomic E-state index is 0.108. The zero-order valence-electron chi connectivity index (χ0n) is 16.5. The van der Waals surface area contributed by atoms with E-state index in [9.17, 15) is 5.11 Å². The molecule has 7 heteroatoms. The van der Waals surface area contributed by atoms with Crippen molar-refractivity contribution < 1.29 is 5.11 Å². The third-order valence-electron chi connectivity index (χ3n) is 4.91. The Morgan fingerprint density at radius 3 is 2.64 bits per heavy atom. The lowest BCUT2D eigenvalue weighted by molar-refractivity contribution is 0.373. The first kappa shape index (κ1) is 18.4. The summed E-state index contributed by atoms with van der Waals surface area (Å²) >= 11 is 0. The van der Waals surface area contributed by atoms with Crippen molar-refractivity contribution in [3.05, 3.63) is 42.7 Å². The van der Waals surface area contributed by atoms with E-state index in [-0.39, 0.29) is 11.3 Å². The molecule has 1 saturated heterocycles. The Balaban J connectivity index is 1.48. The quantitative estimate of drug-likeness (QED) is 0.646. The molecule has 0 spiro atoms.